The van der Waals surface area contributed by atoms with Gasteiger partial charge in [0.2, 0.25) is 0 Å². The van der Waals surface area contributed by atoms with Crippen LogP contribution in [0.5, 0.6) is 0 Å². The highest BCUT2D eigenvalue weighted by Gasteiger charge is 1.88. The van der Waals surface area contributed by atoms with E-state index in [9.17, 15) is 0 Å². The molecule has 0 radical (unpaired) electrons. The lowest BCUT2D eigenvalue weighted by Crippen LogP contribution is -1.88. The number of anilines is 1. The number of benzene rings is 1. The van der Waals surface area contributed by atoms with Gasteiger partial charge in [0.05, 0.1) is 5.70 Å². The predicted octanol–water partition coefficient (Wildman–Crippen LogP) is 3.30. The van der Waals surface area contributed by atoms with Crippen molar-refractivity contribution in [3.05, 3.63) is 41.7 Å². The Hall–Kier alpha value is -1.64. The fourth-order valence-corrected chi connectivity index (χ4v) is 0.870. The molecule has 0 heterocycles. The molecule has 0 fully saturated rings. The lowest BCUT2D eigenvalue weighted by Gasteiger charge is -2.00. The summed E-state index contributed by atoms with van der Waals surface area (Å²) in [5.74, 6) is 0. The maximum atomic E-state index is 6.73. The van der Waals surface area contributed by atoms with Crippen LogP contribution in [0.2, 0.25) is 0 Å². The van der Waals surface area contributed by atoms with E-state index in [-0.39, 0.29) is 0 Å². The van der Waals surface area contributed by atoms with Gasteiger partial charge in [0.15, 0.2) is 0 Å². The number of hydrogen-bond donors (Lipinski definition) is 2. The molecule has 1 aromatic rings. The summed E-state index contributed by atoms with van der Waals surface area (Å²) >= 11 is 0. The van der Waals surface area contributed by atoms with Crippen LogP contribution in [0.25, 0.3) is 0 Å². The van der Waals surface area contributed by atoms with Gasteiger partial charge in [-0.15, -0.1) is 0 Å². The summed E-state index contributed by atoms with van der Waals surface area (Å²) in [6.45, 7) is 3.82. The van der Waals surface area contributed by atoms with Gasteiger partial charge in [0.1, 0.15) is 0 Å². The smallest absolute Gasteiger partial charge is 0.0752 e. The van der Waals surface area contributed by atoms with Crippen molar-refractivity contribution < 1.29 is 0 Å². The summed E-state index contributed by atoms with van der Waals surface area (Å²) in [5.41, 5.74) is 9.62. The molecule has 0 unspecified atom stereocenters. The number of aryl methyl sites for hydroxylation is 1. The molecule has 2 N–H and O–H groups in total. The van der Waals surface area contributed by atoms with E-state index in [1.54, 1.807) is 13.1 Å². The maximum Gasteiger partial charge on any atom is 0.0752 e. The van der Waals surface area contributed by atoms with Gasteiger partial charge in [-0.2, -0.15) is 5.11 Å². The second-order valence-electron chi connectivity index (χ2n) is 2.91. The molecule has 0 aliphatic rings. The van der Waals surface area contributed by atoms with Gasteiger partial charge in [-0.25, -0.2) is 5.53 Å². The average Bonchev–Trinajstić information content (AvgIpc) is 2.16. The van der Waals surface area contributed by atoms with E-state index in [4.69, 9.17) is 5.53 Å². The van der Waals surface area contributed by atoms with Crippen LogP contribution in [0.15, 0.2) is 41.3 Å². The van der Waals surface area contributed by atoms with Crippen molar-refractivity contribution in [2.24, 2.45) is 5.11 Å². The van der Waals surface area contributed by atoms with Crippen LogP contribution in [-0.2, 0) is 0 Å². The summed E-state index contributed by atoms with van der Waals surface area (Å²) in [5, 5.41) is 6.32. The van der Waals surface area contributed by atoms with Crippen molar-refractivity contribution in [1.29, 1.82) is 5.53 Å². The number of rotatable bonds is 3. The van der Waals surface area contributed by atoms with Gasteiger partial charge in [0, 0.05) is 11.9 Å². The third kappa shape index (κ3) is 3.07. The molecule has 0 aromatic heterocycles. The van der Waals surface area contributed by atoms with Crippen molar-refractivity contribution in [3.8, 4) is 0 Å². The quantitative estimate of drug-likeness (QED) is 0.680. The lowest BCUT2D eigenvalue weighted by molar-refractivity contribution is 1.05. The molecule has 1 rings (SSSR count). The Morgan fingerprint density at radius 1 is 1.38 bits per heavy atom. The highest BCUT2D eigenvalue weighted by molar-refractivity contribution is 5.46. The second kappa shape index (κ2) is 4.40. The fourth-order valence-electron chi connectivity index (χ4n) is 0.870. The van der Waals surface area contributed by atoms with Crippen LogP contribution < -0.4 is 5.32 Å². The first-order valence-corrected chi connectivity index (χ1v) is 4.10. The molecule has 1 aromatic carbocycles. The van der Waals surface area contributed by atoms with Crippen LogP contribution in [-0.4, -0.2) is 0 Å². The summed E-state index contributed by atoms with van der Waals surface area (Å²) in [6.07, 6.45) is 1.71. The zero-order valence-corrected chi connectivity index (χ0v) is 7.83. The fraction of sp³-hybridized carbons (Fsp3) is 0.200. The molecule has 0 aliphatic heterocycles. The van der Waals surface area contributed by atoms with Crippen molar-refractivity contribution in [1.82, 2.24) is 0 Å². The minimum absolute atomic E-state index is 0.653. The molecule has 3 heteroatoms. The number of nitrogens with one attached hydrogen (secondary N) is 2. The van der Waals surface area contributed by atoms with E-state index in [0.29, 0.717) is 5.70 Å². The van der Waals surface area contributed by atoms with Crippen molar-refractivity contribution in [3.63, 3.8) is 0 Å². The van der Waals surface area contributed by atoms with Gasteiger partial charge in [-0.1, -0.05) is 17.7 Å². The molecule has 0 saturated heterocycles. The molecule has 0 bridgehead atoms. The molecular formula is C10H13N3. The van der Waals surface area contributed by atoms with E-state index in [0.717, 1.165) is 5.69 Å². The lowest BCUT2D eigenvalue weighted by atomic mass is 10.2. The number of hydrogen-bond acceptors (Lipinski definition) is 3. The Bertz CT molecular complexity index is 311. The minimum Gasteiger partial charge on any atom is -0.360 e. The summed E-state index contributed by atoms with van der Waals surface area (Å²) in [7, 11) is 0. The van der Waals surface area contributed by atoms with E-state index in [1.165, 1.54) is 5.56 Å². The van der Waals surface area contributed by atoms with Crippen LogP contribution in [0, 0.1) is 12.5 Å². The normalized spacial score (nSPS) is 11.1. The van der Waals surface area contributed by atoms with Crippen molar-refractivity contribution >= 4 is 5.69 Å². The van der Waals surface area contributed by atoms with Gasteiger partial charge in [-0.05, 0) is 26.0 Å². The highest BCUT2D eigenvalue weighted by atomic mass is 15.0. The Kier molecular flexibility index (Phi) is 3.20. The van der Waals surface area contributed by atoms with Crippen LogP contribution in [0.3, 0.4) is 0 Å². The predicted molar refractivity (Wildman–Crippen MR) is 53.7 cm³/mol. The monoisotopic (exact) mass is 175 g/mol. The standard InChI is InChI=1S/C10H13N3/c1-8-3-5-10(6-4-8)12-7-9(2)13-11/h3-7,11-12H,1-2H3/b9-7-,13-11?. The van der Waals surface area contributed by atoms with Gasteiger partial charge in [0.25, 0.3) is 0 Å². The van der Waals surface area contributed by atoms with Crippen LogP contribution in [0.4, 0.5) is 5.69 Å². The Balaban J connectivity index is 2.65. The zero-order valence-electron chi connectivity index (χ0n) is 7.83. The Labute approximate surface area is 78.0 Å². The van der Waals surface area contributed by atoms with E-state index in [2.05, 4.69) is 10.4 Å². The van der Waals surface area contributed by atoms with Crippen molar-refractivity contribution in [2.45, 2.75) is 13.8 Å². The van der Waals surface area contributed by atoms with Crippen LogP contribution in [0.1, 0.15) is 12.5 Å². The Morgan fingerprint density at radius 2 is 2.00 bits per heavy atom. The van der Waals surface area contributed by atoms with Crippen molar-refractivity contribution in [2.75, 3.05) is 5.32 Å². The number of nitrogens with zero attached hydrogens (tertiary/aromatic N) is 1. The zero-order chi connectivity index (χ0) is 9.68. The first-order chi connectivity index (χ1) is 6.22. The molecule has 0 saturated carbocycles. The number of allylic oxidation sites excluding steroid dienone is 1. The topological polar surface area (TPSA) is 48.2 Å². The molecule has 68 valence electrons. The maximum absolute atomic E-state index is 6.73. The molecule has 0 spiro atoms. The van der Waals surface area contributed by atoms with E-state index >= 15 is 0 Å². The molecule has 0 atom stereocenters. The van der Waals surface area contributed by atoms with E-state index < -0.39 is 0 Å². The SMILES string of the molecule is C/C(=C/Nc1ccc(C)cc1)N=N. The largest absolute Gasteiger partial charge is 0.360 e. The average molecular weight is 175 g/mol. The third-order valence-corrected chi connectivity index (χ3v) is 1.68. The first-order valence-electron chi connectivity index (χ1n) is 4.10. The molecular weight excluding hydrogens is 162 g/mol. The second-order valence-corrected chi connectivity index (χ2v) is 2.91. The van der Waals surface area contributed by atoms with Gasteiger partial charge in [-0.3, -0.25) is 0 Å². The molecule has 0 aliphatic carbocycles. The first kappa shape index (κ1) is 9.45. The summed E-state index contributed by atoms with van der Waals surface area (Å²) < 4.78 is 0. The third-order valence-electron chi connectivity index (χ3n) is 1.68. The van der Waals surface area contributed by atoms with Gasteiger partial charge < -0.3 is 5.32 Å². The van der Waals surface area contributed by atoms with Gasteiger partial charge >= 0.3 is 0 Å². The summed E-state index contributed by atoms with van der Waals surface area (Å²) in [4.78, 5) is 0. The summed E-state index contributed by atoms with van der Waals surface area (Å²) in [6, 6.07) is 8.04. The van der Waals surface area contributed by atoms with E-state index in [1.807, 2.05) is 31.2 Å². The molecule has 0 amide bonds. The minimum atomic E-state index is 0.653. The molecule has 13 heavy (non-hydrogen) atoms. The van der Waals surface area contributed by atoms with Crippen LogP contribution >= 0.6 is 0 Å². The highest BCUT2D eigenvalue weighted by Crippen LogP contribution is 2.09. The molecule has 3 nitrogen and oxygen atoms in total. The Morgan fingerprint density at radius 3 is 2.54 bits per heavy atom.